The lowest BCUT2D eigenvalue weighted by Gasteiger charge is -2.10. The highest BCUT2D eigenvalue weighted by Crippen LogP contribution is 2.13. The van der Waals surface area contributed by atoms with Gasteiger partial charge >= 0.3 is 0 Å². The summed E-state index contributed by atoms with van der Waals surface area (Å²) >= 11 is 0. The number of halogens is 1. The smallest absolute Gasteiger partial charge is 0.217 e. The van der Waals surface area contributed by atoms with Crippen LogP contribution in [0.2, 0.25) is 0 Å². The molecule has 6 heteroatoms. The van der Waals surface area contributed by atoms with Gasteiger partial charge in [-0.1, -0.05) is 6.07 Å². The minimum atomic E-state index is -3.21. The summed E-state index contributed by atoms with van der Waals surface area (Å²) in [6, 6.07) is 2.08. The second-order valence-electron chi connectivity index (χ2n) is 3.08. The molecule has 78 valence electrons. The normalized spacial score (nSPS) is 13.9. The minimum absolute atomic E-state index is 0.123. The Balaban J connectivity index is 2.90. The third-order valence-electron chi connectivity index (χ3n) is 1.67. The Morgan fingerprint density at radius 2 is 2.29 bits per heavy atom. The van der Waals surface area contributed by atoms with Crippen molar-refractivity contribution in [3.8, 4) is 0 Å². The second kappa shape index (κ2) is 4.02. The van der Waals surface area contributed by atoms with Crippen LogP contribution in [-0.2, 0) is 9.84 Å². The van der Waals surface area contributed by atoms with Crippen molar-refractivity contribution in [2.45, 2.75) is 6.04 Å². The molecule has 0 saturated heterocycles. The molecule has 0 aliphatic heterocycles. The van der Waals surface area contributed by atoms with Crippen LogP contribution in [-0.4, -0.2) is 25.4 Å². The van der Waals surface area contributed by atoms with E-state index >= 15 is 0 Å². The maximum Gasteiger partial charge on any atom is 0.217 e. The Morgan fingerprint density at radius 3 is 2.79 bits per heavy atom. The lowest BCUT2D eigenvalue weighted by atomic mass is 10.1. The maximum atomic E-state index is 13.0. The first kappa shape index (κ1) is 11.1. The van der Waals surface area contributed by atoms with Crippen LogP contribution < -0.4 is 5.73 Å². The van der Waals surface area contributed by atoms with Crippen molar-refractivity contribution < 1.29 is 12.8 Å². The van der Waals surface area contributed by atoms with Gasteiger partial charge in [-0.25, -0.2) is 13.4 Å². The van der Waals surface area contributed by atoms with Crippen LogP contribution in [0.25, 0.3) is 0 Å². The molecule has 1 heterocycles. The molecular formula is C8H11FN2O2S. The zero-order chi connectivity index (χ0) is 10.8. The third-order valence-corrected chi connectivity index (χ3v) is 2.63. The van der Waals surface area contributed by atoms with Crippen molar-refractivity contribution in [2.24, 2.45) is 5.73 Å². The van der Waals surface area contributed by atoms with E-state index in [0.29, 0.717) is 0 Å². The molecular weight excluding hydrogens is 207 g/mol. The van der Waals surface area contributed by atoms with Gasteiger partial charge in [0.05, 0.1) is 5.75 Å². The third kappa shape index (κ3) is 3.04. The van der Waals surface area contributed by atoms with Gasteiger partial charge in [-0.3, -0.25) is 0 Å². The highest BCUT2D eigenvalue weighted by atomic mass is 32.2. The summed E-state index contributed by atoms with van der Waals surface area (Å²) in [5, 5.41) is 0. The fraction of sp³-hybridized carbons (Fsp3) is 0.375. The van der Waals surface area contributed by atoms with Crippen LogP contribution in [0.15, 0.2) is 18.3 Å². The van der Waals surface area contributed by atoms with Crippen molar-refractivity contribution >= 4 is 9.84 Å². The maximum absolute atomic E-state index is 13.0. The number of nitrogens with two attached hydrogens (primary N) is 1. The van der Waals surface area contributed by atoms with E-state index in [-0.39, 0.29) is 11.3 Å². The SMILES string of the molecule is CS(=O)(=O)C[C@H](N)c1cccnc1F. The predicted molar refractivity (Wildman–Crippen MR) is 50.8 cm³/mol. The molecule has 0 spiro atoms. The highest BCUT2D eigenvalue weighted by molar-refractivity contribution is 7.90. The summed E-state index contributed by atoms with van der Waals surface area (Å²) < 4.78 is 34.8. The van der Waals surface area contributed by atoms with Gasteiger partial charge in [-0.05, 0) is 6.07 Å². The summed E-state index contributed by atoms with van der Waals surface area (Å²) in [6.07, 6.45) is 2.34. The molecule has 0 aliphatic carbocycles. The molecule has 0 aromatic carbocycles. The topological polar surface area (TPSA) is 73.0 Å². The quantitative estimate of drug-likeness (QED) is 0.739. The van der Waals surface area contributed by atoms with E-state index in [1.807, 2.05) is 0 Å². The van der Waals surface area contributed by atoms with Gasteiger partial charge in [0.1, 0.15) is 9.84 Å². The van der Waals surface area contributed by atoms with Crippen molar-refractivity contribution in [3.63, 3.8) is 0 Å². The first-order valence-corrected chi connectivity index (χ1v) is 6.00. The van der Waals surface area contributed by atoms with Gasteiger partial charge in [0.15, 0.2) is 0 Å². The number of hydrogen-bond donors (Lipinski definition) is 1. The van der Waals surface area contributed by atoms with Gasteiger partial charge in [0.2, 0.25) is 5.95 Å². The van der Waals surface area contributed by atoms with Crippen molar-refractivity contribution in [1.29, 1.82) is 0 Å². The van der Waals surface area contributed by atoms with Crippen LogP contribution in [0.1, 0.15) is 11.6 Å². The minimum Gasteiger partial charge on any atom is -0.323 e. The fourth-order valence-corrected chi connectivity index (χ4v) is 1.92. The van der Waals surface area contributed by atoms with Crippen LogP contribution >= 0.6 is 0 Å². The lowest BCUT2D eigenvalue weighted by molar-refractivity contribution is 0.549. The van der Waals surface area contributed by atoms with E-state index in [1.165, 1.54) is 18.3 Å². The molecule has 0 amide bonds. The first-order valence-electron chi connectivity index (χ1n) is 3.94. The molecule has 1 aromatic heterocycles. The molecule has 0 radical (unpaired) electrons. The Bertz CT molecular complexity index is 419. The molecule has 0 unspecified atom stereocenters. The predicted octanol–water partition coefficient (Wildman–Crippen LogP) is 0.265. The van der Waals surface area contributed by atoms with E-state index in [9.17, 15) is 12.8 Å². The van der Waals surface area contributed by atoms with Crippen molar-refractivity contribution in [3.05, 3.63) is 29.8 Å². The van der Waals surface area contributed by atoms with Crippen LogP contribution in [0.4, 0.5) is 4.39 Å². The molecule has 4 nitrogen and oxygen atoms in total. The van der Waals surface area contributed by atoms with Gasteiger partial charge < -0.3 is 5.73 Å². The molecule has 0 saturated carbocycles. The lowest BCUT2D eigenvalue weighted by Crippen LogP contribution is -2.22. The zero-order valence-electron chi connectivity index (χ0n) is 7.64. The van der Waals surface area contributed by atoms with E-state index < -0.39 is 21.8 Å². The van der Waals surface area contributed by atoms with Crippen molar-refractivity contribution in [1.82, 2.24) is 4.98 Å². The first-order chi connectivity index (χ1) is 6.40. The molecule has 0 aliphatic rings. The molecule has 2 N–H and O–H groups in total. The van der Waals surface area contributed by atoms with Gasteiger partial charge in [-0.2, -0.15) is 4.39 Å². The Labute approximate surface area is 81.9 Å². The Morgan fingerprint density at radius 1 is 1.64 bits per heavy atom. The van der Waals surface area contributed by atoms with E-state index in [2.05, 4.69) is 4.98 Å². The number of sulfone groups is 1. The molecule has 1 rings (SSSR count). The average Bonchev–Trinajstić information content (AvgIpc) is 2.01. The number of hydrogen-bond acceptors (Lipinski definition) is 4. The van der Waals surface area contributed by atoms with Crippen molar-refractivity contribution in [2.75, 3.05) is 12.0 Å². The number of aromatic nitrogens is 1. The monoisotopic (exact) mass is 218 g/mol. The molecule has 0 bridgehead atoms. The molecule has 14 heavy (non-hydrogen) atoms. The molecule has 0 fully saturated rings. The van der Waals surface area contributed by atoms with E-state index in [1.54, 1.807) is 0 Å². The van der Waals surface area contributed by atoms with E-state index in [4.69, 9.17) is 5.73 Å². The summed E-state index contributed by atoms with van der Waals surface area (Å²) in [5.41, 5.74) is 5.65. The van der Waals surface area contributed by atoms with E-state index in [0.717, 1.165) is 6.26 Å². The molecule has 1 aromatic rings. The second-order valence-corrected chi connectivity index (χ2v) is 5.27. The van der Waals surface area contributed by atoms with Gasteiger partial charge in [0.25, 0.3) is 0 Å². The summed E-state index contributed by atoms with van der Waals surface area (Å²) in [7, 11) is -3.21. The summed E-state index contributed by atoms with van der Waals surface area (Å²) in [4.78, 5) is 3.39. The van der Waals surface area contributed by atoms with Gasteiger partial charge in [0, 0.05) is 24.1 Å². The number of rotatable bonds is 3. The Kier molecular flexibility index (Phi) is 3.17. The zero-order valence-corrected chi connectivity index (χ0v) is 8.46. The average molecular weight is 218 g/mol. The fourth-order valence-electron chi connectivity index (χ4n) is 1.09. The standard InChI is InChI=1S/C8H11FN2O2S/c1-14(12,13)5-7(10)6-3-2-4-11-8(6)9/h2-4,7H,5,10H2,1H3/t7-/m0/s1. The Hall–Kier alpha value is -1.01. The van der Waals surface area contributed by atoms with Gasteiger partial charge in [-0.15, -0.1) is 0 Å². The summed E-state index contributed by atoms with van der Waals surface area (Å²) in [6.45, 7) is 0. The van der Waals surface area contributed by atoms with Crippen LogP contribution in [0.3, 0.4) is 0 Å². The summed E-state index contributed by atoms with van der Waals surface area (Å²) in [5.74, 6) is -1.00. The largest absolute Gasteiger partial charge is 0.323 e. The number of nitrogens with zero attached hydrogens (tertiary/aromatic N) is 1. The van der Waals surface area contributed by atoms with Crippen LogP contribution in [0, 0.1) is 5.95 Å². The highest BCUT2D eigenvalue weighted by Gasteiger charge is 2.16. The molecule has 1 atom stereocenters. The number of pyridine rings is 1. The van der Waals surface area contributed by atoms with Crippen LogP contribution in [0.5, 0.6) is 0 Å².